The van der Waals surface area contributed by atoms with Crippen LogP contribution in [0.25, 0.3) is 0 Å². The van der Waals surface area contributed by atoms with Gasteiger partial charge >= 0.3 is 5.97 Å². The van der Waals surface area contributed by atoms with Gasteiger partial charge in [0, 0.05) is 0 Å². The van der Waals surface area contributed by atoms with E-state index in [1.807, 2.05) is 24.3 Å². The maximum atomic E-state index is 11.7. The number of ether oxygens (including phenoxy) is 1. The summed E-state index contributed by atoms with van der Waals surface area (Å²) in [7, 11) is 1.61. The first-order valence-electron chi connectivity index (χ1n) is 6.48. The summed E-state index contributed by atoms with van der Waals surface area (Å²) >= 11 is 0. The molecule has 3 rings (SSSR count). The highest BCUT2D eigenvalue weighted by Gasteiger charge is 2.61. The Kier molecular flexibility index (Phi) is 2.40. The van der Waals surface area contributed by atoms with Crippen LogP contribution in [0.1, 0.15) is 37.7 Å². The SMILES string of the molecule is COc1cccc(C2(C(=O)O)CC3(CCC3)C2)c1. The molecule has 2 aliphatic carbocycles. The molecule has 2 saturated carbocycles. The van der Waals surface area contributed by atoms with Crippen LogP contribution in [0.2, 0.25) is 0 Å². The zero-order valence-electron chi connectivity index (χ0n) is 10.6. The lowest BCUT2D eigenvalue weighted by molar-refractivity contribution is -0.160. The number of carbonyl (C=O) groups is 1. The fourth-order valence-electron chi connectivity index (χ4n) is 3.66. The molecule has 1 N–H and O–H groups in total. The Hall–Kier alpha value is -1.51. The molecular weight excluding hydrogens is 228 g/mol. The molecule has 3 nitrogen and oxygen atoms in total. The average Bonchev–Trinajstić information content (AvgIpc) is 2.26. The van der Waals surface area contributed by atoms with E-state index in [4.69, 9.17) is 4.74 Å². The summed E-state index contributed by atoms with van der Waals surface area (Å²) in [5, 5.41) is 9.61. The average molecular weight is 246 g/mol. The van der Waals surface area contributed by atoms with Crippen LogP contribution >= 0.6 is 0 Å². The molecule has 0 heterocycles. The predicted octanol–water partition coefficient (Wildman–Crippen LogP) is 2.98. The van der Waals surface area contributed by atoms with Crippen molar-refractivity contribution in [3.63, 3.8) is 0 Å². The van der Waals surface area contributed by atoms with E-state index in [2.05, 4.69) is 0 Å². The largest absolute Gasteiger partial charge is 0.497 e. The second kappa shape index (κ2) is 3.74. The maximum absolute atomic E-state index is 11.7. The van der Waals surface area contributed by atoms with Gasteiger partial charge in [-0.25, -0.2) is 0 Å². The standard InChI is InChI=1S/C15H18O3/c1-18-12-5-2-4-11(8-12)15(13(16)17)9-14(10-15)6-3-7-14/h2,4-5,8H,3,6-7,9-10H2,1H3,(H,16,17). The lowest BCUT2D eigenvalue weighted by Gasteiger charge is -2.59. The smallest absolute Gasteiger partial charge is 0.314 e. The zero-order chi connectivity index (χ0) is 12.8. The molecule has 0 unspecified atom stereocenters. The van der Waals surface area contributed by atoms with Crippen LogP contribution in [0.5, 0.6) is 5.75 Å². The summed E-state index contributed by atoms with van der Waals surface area (Å²) in [6.45, 7) is 0. The number of rotatable bonds is 3. The van der Waals surface area contributed by atoms with Gasteiger partial charge in [-0.1, -0.05) is 18.6 Å². The van der Waals surface area contributed by atoms with Crippen LogP contribution < -0.4 is 4.74 Å². The van der Waals surface area contributed by atoms with Crippen LogP contribution in [-0.2, 0) is 10.2 Å². The van der Waals surface area contributed by atoms with Crippen LogP contribution in [0.15, 0.2) is 24.3 Å². The van der Waals surface area contributed by atoms with E-state index >= 15 is 0 Å². The lowest BCUT2D eigenvalue weighted by Crippen LogP contribution is -2.57. The number of methoxy groups -OCH3 is 1. The van der Waals surface area contributed by atoms with Gasteiger partial charge in [-0.15, -0.1) is 0 Å². The number of benzene rings is 1. The van der Waals surface area contributed by atoms with Gasteiger partial charge in [0.1, 0.15) is 5.75 Å². The zero-order valence-corrected chi connectivity index (χ0v) is 10.6. The molecule has 0 bridgehead atoms. The van der Waals surface area contributed by atoms with E-state index in [-0.39, 0.29) is 0 Å². The first kappa shape index (κ1) is 11.6. The van der Waals surface area contributed by atoms with E-state index in [9.17, 15) is 9.90 Å². The van der Waals surface area contributed by atoms with Crippen molar-refractivity contribution in [1.29, 1.82) is 0 Å². The quantitative estimate of drug-likeness (QED) is 0.891. The minimum absolute atomic E-state index is 0.335. The molecule has 0 amide bonds. The Balaban J connectivity index is 1.93. The third kappa shape index (κ3) is 1.46. The second-order valence-corrected chi connectivity index (χ2v) is 5.83. The lowest BCUT2D eigenvalue weighted by atomic mass is 9.44. The fraction of sp³-hybridized carbons (Fsp3) is 0.533. The highest BCUT2D eigenvalue weighted by molar-refractivity contribution is 5.83. The van der Waals surface area contributed by atoms with Crippen molar-refractivity contribution in [1.82, 2.24) is 0 Å². The van der Waals surface area contributed by atoms with Gasteiger partial charge in [-0.2, -0.15) is 0 Å². The molecule has 0 saturated heterocycles. The van der Waals surface area contributed by atoms with Crippen LogP contribution in [0.4, 0.5) is 0 Å². The van der Waals surface area contributed by atoms with Crippen molar-refractivity contribution in [2.75, 3.05) is 7.11 Å². The summed E-state index contributed by atoms with van der Waals surface area (Å²) in [6.07, 6.45) is 5.25. The van der Waals surface area contributed by atoms with Crippen molar-refractivity contribution < 1.29 is 14.6 Å². The van der Waals surface area contributed by atoms with Gasteiger partial charge in [0.15, 0.2) is 0 Å². The van der Waals surface area contributed by atoms with Gasteiger partial charge in [-0.3, -0.25) is 4.79 Å². The summed E-state index contributed by atoms with van der Waals surface area (Å²) in [6, 6.07) is 7.53. The molecular formula is C15H18O3. The highest BCUT2D eigenvalue weighted by atomic mass is 16.5. The number of hydrogen-bond donors (Lipinski definition) is 1. The van der Waals surface area contributed by atoms with Gasteiger partial charge in [-0.05, 0) is 48.8 Å². The molecule has 0 atom stereocenters. The second-order valence-electron chi connectivity index (χ2n) is 5.83. The van der Waals surface area contributed by atoms with E-state index in [0.29, 0.717) is 5.41 Å². The van der Waals surface area contributed by atoms with E-state index < -0.39 is 11.4 Å². The van der Waals surface area contributed by atoms with E-state index in [1.165, 1.54) is 19.3 Å². The minimum Gasteiger partial charge on any atom is -0.497 e. The molecule has 18 heavy (non-hydrogen) atoms. The van der Waals surface area contributed by atoms with Crippen molar-refractivity contribution in [3.8, 4) is 5.75 Å². The molecule has 3 heteroatoms. The number of carboxylic acids is 1. The number of carboxylic acid groups (broad SMARTS) is 1. The van der Waals surface area contributed by atoms with Gasteiger partial charge in [0.2, 0.25) is 0 Å². The summed E-state index contributed by atoms with van der Waals surface area (Å²) in [5.74, 6) is 0.0518. The fourth-order valence-corrected chi connectivity index (χ4v) is 3.66. The van der Waals surface area contributed by atoms with Crippen molar-refractivity contribution in [2.45, 2.75) is 37.5 Å². The first-order chi connectivity index (χ1) is 8.60. The molecule has 0 aliphatic heterocycles. The third-order valence-electron chi connectivity index (χ3n) is 4.80. The van der Waals surface area contributed by atoms with Gasteiger partial charge < -0.3 is 9.84 Å². The highest BCUT2D eigenvalue weighted by Crippen LogP contribution is 2.65. The normalized spacial score (nSPS) is 22.9. The maximum Gasteiger partial charge on any atom is 0.314 e. The summed E-state index contributed by atoms with van der Waals surface area (Å²) in [5.41, 5.74) is 0.558. The first-order valence-corrected chi connectivity index (χ1v) is 6.48. The minimum atomic E-state index is -0.687. The third-order valence-corrected chi connectivity index (χ3v) is 4.80. The van der Waals surface area contributed by atoms with E-state index in [1.54, 1.807) is 7.11 Å². The molecule has 1 aromatic rings. The van der Waals surface area contributed by atoms with Crippen LogP contribution in [0.3, 0.4) is 0 Å². The Bertz CT molecular complexity index is 480. The molecule has 1 spiro atoms. The van der Waals surface area contributed by atoms with Crippen molar-refractivity contribution in [3.05, 3.63) is 29.8 Å². The molecule has 0 radical (unpaired) electrons. The van der Waals surface area contributed by atoms with Crippen molar-refractivity contribution in [2.24, 2.45) is 5.41 Å². The monoisotopic (exact) mass is 246 g/mol. The van der Waals surface area contributed by atoms with Crippen LogP contribution in [-0.4, -0.2) is 18.2 Å². The predicted molar refractivity (Wildman–Crippen MR) is 67.8 cm³/mol. The molecule has 1 aromatic carbocycles. The summed E-state index contributed by atoms with van der Waals surface area (Å²) in [4.78, 5) is 11.7. The molecule has 96 valence electrons. The summed E-state index contributed by atoms with van der Waals surface area (Å²) < 4.78 is 5.20. The molecule has 2 aliphatic rings. The van der Waals surface area contributed by atoms with Crippen molar-refractivity contribution >= 4 is 5.97 Å². The Morgan fingerprint density at radius 2 is 2.06 bits per heavy atom. The number of hydrogen-bond acceptors (Lipinski definition) is 2. The topological polar surface area (TPSA) is 46.5 Å². The number of aliphatic carboxylic acids is 1. The Labute approximate surface area is 107 Å². The van der Waals surface area contributed by atoms with Gasteiger partial charge in [0.25, 0.3) is 0 Å². The molecule has 0 aromatic heterocycles. The molecule has 2 fully saturated rings. The Morgan fingerprint density at radius 3 is 2.56 bits per heavy atom. The van der Waals surface area contributed by atoms with E-state index in [0.717, 1.165) is 24.2 Å². The van der Waals surface area contributed by atoms with Gasteiger partial charge in [0.05, 0.1) is 12.5 Å². The van der Waals surface area contributed by atoms with Crippen LogP contribution in [0, 0.1) is 5.41 Å². The Morgan fingerprint density at radius 1 is 1.33 bits per heavy atom.